The summed E-state index contributed by atoms with van der Waals surface area (Å²) < 4.78 is 14.3. The van der Waals surface area contributed by atoms with Gasteiger partial charge in [-0.3, -0.25) is 9.69 Å². The largest absolute Gasteiger partial charge is 0.465 e. The zero-order valence-electron chi connectivity index (χ0n) is 14.3. The molecule has 3 rings (SSSR count). The Morgan fingerprint density at radius 2 is 1.77 bits per heavy atom. The van der Waals surface area contributed by atoms with Gasteiger partial charge in [-0.2, -0.15) is 0 Å². The van der Waals surface area contributed by atoms with Crippen molar-refractivity contribution in [2.24, 2.45) is 5.73 Å². The van der Waals surface area contributed by atoms with E-state index in [9.17, 15) is 19.1 Å². The molecule has 136 valence electrons. The van der Waals surface area contributed by atoms with E-state index < -0.39 is 17.8 Å². The van der Waals surface area contributed by atoms with E-state index in [1.165, 1.54) is 17.0 Å². The monoisotopic (exact) mass is 356 g/mol. The lowest BCUT2D eigenvalue weighted by Crippen LogP contribution is -2.40. The van der Waals surface area contributed by atoms with Gasteiger partial charge in [0.1, 0.15) is 5.82 Å². The van der Waals surface area contributed by atoms with Crippen LogP contribution < -0.4 is 10.6 Å². The van der Waals surface area contributed by atoms with Gasteiger partial charge in [0.15, 0.2) is 0 Å². The number of primary amides is 1. The van der Waals surface area contributed by atoms with Crippen LogP contribution in [0.25, 0.3) is 11.1 Å². The van der Waals surface area contributed by atoms with Crippen molar-refractivity contribution in [3.8, 4) is 11.1 Å². The summed E-state index contributed by atoms with van der Waals surface area (Å²) in [6.07, 6.45) is 3.50. The molecule has 2 aromatic carbocycles. The predicted molar refractivity (Wildman–Crippen MR) is 97.7 cm³/mol. The first-order chi connectivity index (χ1) is 12.5. The van der Waals surface area contributed by atoms with Gasteiger partial charge in [-0.05, 0) is 54.3 Å². The maximum absolute atomic E-state index is 14.3. The van der Waals surface area contributed by atoms with Crippen molar-refractivity contribution in [3.05, 3.63) is 53.8 Å². The van der Waals surface area contributed by atoms with Gasteiger partial charge < -0.3 is 10.8 Å². The zero-order chi connectivity index (χ0) is 18.7. The molecule has 5 nitrogen and oxygen atoms in total. The van der Waals surface area contributed by atoms with Crippen LogP contribution in [0.3, 0.4) is 0 Å². The minimum Gasteiger partial charge on any atom is -0.465 e. The van der Waals surface area contributed by atoms with Gasteiger partial charge in [0.2, 0.25) is 5.91 Å². The van der Waals surface area contributed by atoms with Crippen molar-refractivity contribution in [1.29, 1.82) is 0 Å². The number of carbonyl (C=O) groups is 2. The second-order valence-electron chi connectivity index (χ2n) is 6.59. The molecule has 0 unspecified atom stereocenters. The number of nitrogens with two attached hydrogens (primary N) is 1. The average Bonchev–Trinajstić information content (AvgIpc) is 2.62. The van der Waals surface area contributed by atoms with Crippen molar-refractivity contribution in [2.45, 2.75) is 38.1 Å². The van der Waals surface area contributed by atoms with E-state index in [0.717, 1.165) is 32.1 Å². The highest BCUT2D eigenvalue weighted by Crippen LogP contribution is 2.32. The number of nitrogens with zero attached hydrogens (tertiary/aromatic N) is 1. The van der Waals surface area contributed by atoms with Crippen LogP contribution in [0.1, 0.15) is 42.5 Å². The molecule has 1 aliphatic rings. The van der Waals surface area contributed by atoms with E-state index in [2.05, 4.69) is 0 Å². The number of rotatable bonds is 4. The molecular weight excluding hydrogens is 335 g/mol. The average molecular weight is 356 g/mol. The number of hydrogen-bond donors (Lipinski definition) is 2. The SMILES string of the molecule is NC(=O)c1cccc(-c2cc(F)cc(N(C(=O)O)C3CCCCC3)c2)c1. The third-order valence-electron chi connectivity index (χ3n) is 4.79. The smallest absolute Gasteiger partial charge is 0.412 e. The highest BCUT2D eigenvalue weighted by molar-refractivity contribution is 5.94. The third-order valence-corrected chi connectivity index (χ3v) is 4.79. The Bertz CT molecular complexity index is 832. The highest BCUT2D eigenvalue weighted by Gasteiger charge is 2.27. The Labute approximate surface area is 151 Å². The molecule has 2 amide bonds. The van der Waals surface area contributed by atoms with Crippen LogP contribution in [0.15, 0.2) is 42.5 Å². The van der Waals surface area contributed by atoms with Gasteiger partial charge in [-0.15, -0.1) is 0 Å². The molecule has 0 radical (unpaired) electrons. The molecule has 0 spiro atoms. The van der Waals surface area contributed by atoms with Crippen molar-refractivity contribution < 1.29 is 19.1 Å². The van der Waals surface area contributed by atoms with Crippen molar-refractivity contribution in [3.63, 3.8) is 0 Å². The first-order valence-corrected chi connectivity index (χ1v) is 8.68. The number of anilines is 1. The van der Waals surface area contributed by atoms with Crippen molar-refractivity contribution in [1.82, 2.24) is 0 Å². The summed E-state index contributed by atoms with van der Waals surface area (Å²) in [6.45, 7) is 0. The summed E-state index contributed by atoms with van der Waals surface area (Å²) >= 11 is 0. The summed E-state index contributed by atoms with van der Waals surface area (Å²) in [5.41, 5.74) is 7.04. The molecule has 6 heteroatoms. The lowest BCUT2D eigenvalue weighted by atomic mass is 9.93. The van der Waals surface area contributed by atoms with E-state index in [1.807, 2.05) is 0 Å². The van der Waals surface area contributed by atoms with Gasteiger partial charge in [0, 0.05) is 11.6 Å². The van der Waals surface area contributed by atoms with Gasteiger partial charge in [-0.25, -0.2) is 9.18 Å². The maximum atomic E-state index is 14.3. The minimum absolute atomic E-state index is 0.146. The van der Waals surface area contributed by atoms with Gasteiger partial charge in [0.25, 0.3) is 0 Å². The molecular formula is C20H21FN2O3. The standard InChI is InChI=1S/C20H21FN2O3/c21-16-10-15(13-5-4-6-14(9-13)19(22)24)11-18(12-16)23(20(25)26)17-7-2-1-3-8-17/h4-6,9-12,17H,1-3,7-8H2,(H2,22,24)(H,25,26). The normalized spacial score (nSPS) is 14.8. The van der Waals surface area contributed by atoms with Crippen LogP contribution in [0.5, 0.6) is 0 Å². The first-order valence-electron chi connectivity index (χ1n) is 8.68. The molecule has 0 bridgehead atoms. The summed E-state index contributed by atoms with van der Waals surface area (Å²) in [5, 5.41) is 9.69. The van der Waals surface area contributed by atoms with Gasteiger partial charge in [-0.1, -0.05) is 31.4 Å². The summed E-state index contributed by atoms with van der Waals surface area (Å²) in [4.78, 5) is 24.5. The predicted octanol–water partition coefficient (Wildman–Crippen LogP) is 4.41. The lowest BCUT2D eigenvalue weighted by molar-refractivity contribution is 0.1000. The molecule has 1 fully saturated rings. The number of carbonyl (C=O) groups excluding carboxylic acids is 1. The summed E-state index contributed by atoms with van der Waals surface area (Å²) in [7, 11) is 0. The molecule has 26 heavy (non-hydrogen) atoms. The lowest BCUT2D eigenvalue weighted by Gasteiger charge is -2.32. The van der Waals surface area contributed by atoms with E-state index >= 15 is 0 Å². The van der Waals surface area contributed by atoms with E-state index in [-0.39, 0.29) is 6.04 Å². The van der Waals surface area contributed by atoms with Gasteiger partial charge >= 0.3 is 6.09 Å². The van der Waals surface area contributed by atoms with E-state index in [0.29, 0.717) is 22.4 Å². The fourth-order valence-electron chi connectivity index (χ4n) is 3.55. The molecule has 0 atom stereocenters. The molecule has 0 aromatic heterocycles. The third kappa shape index (κ3) is 3.85. The van der Waals surface area contributed by atoms with E-state index in [4.69, 9.17) is 5.73 Å². The Kier molecular flexibility index (Phi) is 5.21. The fourth-order valence-corrected chi connectivity index (χ4v) is 3.55. The zero-order valence-corrected chi connectivity index (χ0v) is 14.3. The van der Waals surface area contributed by atoms with Crippen LogP contribution in [-0.2, 0) is 0 Å². The second kappa shape index (κ2) is 7.56. The minimum atomic E-state index is -1.08. The van der Waals surface area contributed by atoms with Crippen LogP contribution in [0.2, 0.25) is 0 Å². The van der Waals surface area contributed by atoms with E-state index in [1.54, 1.807) is 30.3 Å². The van der Waals surface area contributed by atoms with Crippen LogP contribution >= 0.6 is 0 Å². The summed E-state index contributed by atoms with van der Waals surface area (Å²) in [5.74, 6) is -1.10. The Morgan fingerprint density at radius 1 is 1.04 bits per heavy atom. The van der Waals surface area contributed by atoms with Crippen LogP contribution in [-0.4, -0.2) is 23.1 Å². The second-order valence-corrected chi connectivity index (χ2v) is 6.59. The number of carboxylic acid groups (broad SMARTS) is 1. The Hall–Kier alpha value is -2.89. The molecule has 0 heterocycles. The topological polar surface area (TPSA) is 83.6 Å². The van der Waals surface area contributed by atoms with Gasteiger partial charge in [0.05, 0.1) is 5.69 Å². The van der Waals surface area contributed by atoms with Crippen LogP contribution in [0.4, 0.5) is 14.9 Å². The number of hydrogen-bond acceptors (Lipinski definition) is 2. The molecule has 0 saturated heterocycles. The molecule has 1 aliphatic carbocycles. The Morgan fingerprint density at radius 3 is 2.42 bits per heavy atom. The number of amides is 2. The number of halogens is 1. The molecule has 2 aromatic rings. The maximum Gasteiger partial charge on any atom is 0.412 e. The van der Waals surface area contributed by atoms with Crippen molar-refractivity contribution in [2.75, 3.05) is 4.90 Å². The molecule has 3 N–H and O–H groups in total. The number of benzene rings is 2. The fraction of sp³-hybridized carbons (Fsp3) is 0.300. The first kappa shape index (κ1) is 17.9. The van der Waals surface area contributed by atoms with Crippen LogP contribution in [0, 0.1) is 5.82 Å². The summed E-state index contributed by atoms with van der Waals surface area (Å²) in [6, 6.07) is 10.6. The molecule has 0 aliphatic heterocycles. The Balaban J connectivity index is 2.02. The van der Waals surface area contributed by atoms with Crippen molar-refractivity contribution >= 4 is 17.7 Å². The highest BCUT2D eigenvalue weighted by atomic mass is 19.1. The molecule has 1 saturated carbocycles. The quantitative estimate of drug-likeness (QED) is 0.851.